The molecule has 0 amide bonds. The summed E-state index contributed by atoms with van der Waals surface area (Å²) >= 11 is 1.35. The van der Waals surface area contributed by atoms with Crippen molar-refractivity contribution in [2.45, 2.75) is 0 Å². The summed E-state index contributed by atoms with van der Waals surface area (Å²) in [7, 11) is 0. The summed E-state index contributed by atoms with van der Waals surface area (Å²) < 4.78 is 0. The van der Waals surface area contributed by atoms with Crippen LogP contribution in [0.3, 0.4) is 0 Å². The topological polar surface area (TPSA) is 84.4 Å². The molecule has 1 aromatic carbocycles. The lowest BCUT2D eigenvalue weighted by molar-refractivity contribution is 0.319. The Labute approximate surface area is 125 Å². The quantitative estimate of drug-likeness (QED) is 0.337. The van der Waals surface area contributed by atoms with E-state index in [0.29, 0.717) is 10.6 Å². The molecule has 104 valence electrons. The summed E-state index contributed by atoms with van der Waals surface area (Å²) in [6, 6.07) is 15.3. The molecule has 6 heteroatoms. The lowest BCUT2D eigenvalue weighted by atomic mass is 10.1. The van der Waals surface area contributed by atoms with Gasteiger partial charge in [0.2, 0.25) is 0 Å². The molecule has 3 aromatic rings. The number of benzene rings is 1. The predicted molar refractivity (Wildman–Crippen MR) is 83.3 cm³/mol. The minimum atomic E-state index is 0.0496. The van der Waals surface area contributed by atoms with Gasteiger partial charge in [-0.3, -0.25) is 4.98 Å². The number of pyridine rings is 1. The third-order valence-corrected chi connectivity index (χ3v) is 4.00. The zero-order chi connectivity index (χ0) is 14.7. The molecule has 0 bridgehead atoms. The van der Waals surface area contributed by atoms with Crippen LogP contribution in [0.25, 0.3) is 22.0 Å². The van der Waals surface area contributed by atoms with Crippen LogP contribution in [0.4, 0.5) is 0 Å². The van der Waals surface area contributed by atoms with Crippen LogP contribution >= 0.6 is 11.3 Å². The zero-order valence-corrected chi connectivity index (χ0v) is 11.8. The van der Waals surface area contributed by atoms with Crippen LogP contribution in [-0.4, -0.2) is 21.0 Å². The Morgan fingerprint density at radius 3 is 2.52 bits per heavy atom. The number of oxime groups is 1. The second kappa shape index (κ2) is 5.72. The Bertz CT molecular complexity index is 769. The molecule has 3 N–H and O–H groups in total. The van der Waals surface area contributed by atoms with E-state index in [4.69, 9.17) is 10.9 Å². The van der Waals surface area contributed by atoms with Crippen LogP contribution in [0.1, 0.15) is 4.88 Å². The van der Waals surface area contributed by atoms with Gasteiger partial charge in [0, 0.05) is 11.8 Å². The maximum absolute atomic E-state index is 8.97. The molecule has 0 unspecified atom stereocenters. The molecular weight excluding hydrogens is 284 g/mol. The second-order valence-electron chi connectivity index (χ2n) is 4.26. The molecule has 0 radical (unpaired) electrons. The zero-order valence-electron chi connectivity index (χ0n) is 11.0. The van der Waals surface area contributed by atoms with Crippen LogP contribution in [0.15, 0.2) is 59.9 Å². The molecule has 0 aliphatic rings. The van der Waals surface area contributed by atoms with Gasteiger partial charge >= 0.3 is 0 Å². The van der Waals surface area contributed by atoms with E-state index in [1.54, 1.807) is 6.20 Å². The van der Waals surface area contributed by atoms with E-state index in [1.165, 1.54) is 11.3 Å². The molecule has 5 nitrogen and oxygen atoms in total. The molecule has 0 saturated heterocycles. The van der Waals surface area contributed by atoms with Crippen LogP contribution < -0.4 is 5.73 Å². The molecule has 3 rings (SSSR count). The number of hydrogen-bond acceptors (Lipinski definition) is 5. The summed E-state index contributed by atoms with van der Waals surface area (Å²) in [5.41, 5.74) is 8.14. The van der Waals surface area contributed by atoms with E-state index in [-0.39, 0.29) is 5.84 Å². The van der Waals surface area contributed by atoms with Crippen LogP contribution in [0.2, 0.25) is 0 Å². The van der Waals surface area contributed by atoms with Crippen LogP contribution in [-0.2, 0) is 0 Å². The Balaban J connectivity index is 2.17. The summed E-state index contributed by atoms with van der Waals surface area (Å²) in [5, 5.41) is 12.8. The van der Waals surface area contributed by atoms with Crippen LogP contribution in [0, 0.1) is 0 Å². The van der Waals surface area contributed by atoms with Crippen molar-refractivity contribution in [3.63, 3.8) is 0 Å². The largest absolute Gasteiger partial charge is 0.409 e. The third kappa shape index (κ3) is 2.61. The van der Waals surface area contributed by atoms with Crippen molar-refractivity contribution >= 4 is 17.2 Å². The highest BCUT2D eigenvalue weighted by atomic mass is 32.1. The fourth-order valence-corrected chi connectivity index (χ4v) is 2.89. The molecule has 2 aromatic heterocycles. The van der Waals surface area contributed by atoms with Gasteiger partial charge in [-0.05, 0) is 12.1 Å². The average Bonchev–Trinajstić information content (AvgIpc) is 3.01. The third-order valence-electron chi connectivity index (χ3n) is 2.90. The predicted octanol–water partition coefficient (Wildman–Crippen LogP) is 2.97. The molecule has 0 aliphatic carbocycles. The van der Waals surface area contributed by atoms with Gasteiger partial charge in [-0.25, -0.2) is 4.98 Å². The molecule has 0 spiro atoms. The van der Waals surface area contributed by atoms with Crippen molar-refractivity contribution in [1.29, 1.82) is 0 Å². The van der Waals surface area contributed by atoms with Gasteiger partial charge in [-0.15, -0.1) is 11.3 Å². The number of hydrogen-bond donors (Lipinski definition) is 2. The number of thiazole rings is 1. The van der Waals surface area contributed by atoms with Crippen molar-refractivity contribution in [3.05, 3.63) is 59.6 Å². The lowest BCUT2D eigenvalue weighted by Gasteiger charge is -1.99. The number of amidine groups is 1. The molecule has 0 atom stereocenters. The van der Waals surface area contributed by atoms with Crippen molar-refractivity contribution in [2.75, 3.05) is 0 Å². The van der Waals surface area contributed by atoms with Crippen molar-refractivity contribution in [3.8, 4) is 22.0 Å². The van der Waals surface area contributed by atoms with E-state index in [0.717, 1.165) is 16.3 Å². The highest BCUT2D eigenvalue weighted by Gasteiger charge is 2.17. The Hall–Kier alpha value is -2.73. The van der Waals surface area contributed by atoms with Gasteiger partial charge in [0.1, 0.15) is 9.88 Å². The Kier molecular flexibility index (Phi) is 3.61. The maximum Gasteiger partial charge on any atom is 0.182 e. The van der Waals surface area contributed by atoms with E-state index < -0.39 is 0 Å². The molecular formula is C15H12N4OS. The first-order valence-corrected chi connectivity index (χ1v) is 7.07. The van der Waals surface area contributed by atoms with Crippen LogP contribution in [0.5, 0.6) is 0 Å². The summed E-state index contributed by atoms with van der Waals surface area (Å²) in [5.74, 6) is 0.0496. The van der Waals surface area contributed by atoms with Gasteiger partial charge in [-0.1, -0.05) is 41.6 Å². The first kappa shape index (κ1) is 13.3. The molecule has 0 aliphatic heterocycles. The van der Waals surface area contributed by atoms with Gasteiger partial charge in [-0.2, -0.15) is 0 Å². The van der Waals surface area contributed by atoms with E-state index in [1.807, 2.05) is 48.5 Å². The number of nitrogens with two attached hydrogens (primary N) is 1. The summed E-state index contributed by atoms with van der Waals surface area (Å²) in [6.07, 6.45) is 1.71. The highest BCUT2D eigenvalue weighted by Crippen LogP contribution is 2.32. The fourth-order valence-electron chi connectivity index (χ4n) is 1.93. The minimum absolute atomic E-state index is 0.0496. The van der Waals surface area contributed by atoms with E-state index in [9.17, 15) is 0 Å². The summed E-state index contributed by atoms with van der Waals surface area (Å²) in [6.45, 7) is 0. The van der Waals surface area contributed by atoms with Crippen molar-refractivity contribution in [1.82, 2.24) is 9.97 Å². The smallest absolute Gasteiger partial charge is 0.182 e. The van der Waals surface area contributed by atoms with Gasteiger partial charge in [0.25, 0.3) is 0 Å². The minimum Gasteiger partial charge on any atom is -0.409 e. The second-order valence-corrected chi connectivity index (χ2v) is 5.26. The maximum atomic E-state index is 8.97. The molecule has 0 fully saturated rings. The monoisotopic (exact) mass is 296 g/mol. The Morgan fingerprint density at radius 1 is 1.10 bits per heavy atom. The average molecular weight is 296 g/mol. The van der Waals surface area contributed by atoms with Gasteiger partial charge in [0.15, 0.2) is 5.84 Å². The lowest BCUT2D eigenvalue weighted by Crippen LogP contribution is -2.12. The SMILES string of the molecule is N/C(=N/O)c1sc(-c2ccccn2)nc1-c1ccccc1. The van der Waals surface area contributed by atoms with Crippen molar-refractivity contribution < 1.29 is 5.21 Å². The molecule has 0 saturated carbocycles. The fraction of sp³-hybridized carbons (Fsp3) is 0. The van der Waals surface area contributed by atoms with Gasteiger partial charge in [0.05, 0.1) is 11.4 Å². The number of aromatic nitrogens is 2. The summed E-state index contributed by atoms with van der Waals surface area (Å²) in [4.78, 5) is 9.52. The molecule has 21 heavy (non-hydrogen) atoms. The van der Waals surface area contributed by atoms with E-state index in [2.05, 4.69) is 15.1 Å². The number of nitrogens with zero attached hydrogens (tertiary/aromatic N) is 3. The van der Waals surface area contributed by atoms with E-state index >= 15 is 0 Å². The number of rotatable bonds is 3. The molecule has 2 heterocycles. The highest BCUT2D eigenvalue weighted by molar-refractivity contribution is 7.17. The van der Waals surface area contributed by atoms with Crippen molar-refractivity contribution in [2.24, 2.45) is 10.9 Å². The van der Waals surface area contributed by atoms with Gasteiger partial charge < -0.3 is 10.9 Å². The normalized spacial score (nSPS) is 11.5. The first-order valence-electron chi connectivity index (χ1n) is 6.25. The standard InChI is InChI=1S/C15H12N4OS/c16-14(19-20)13-12(10-6-2-1-3-7-10)18-15(21-13)11-8-4-5-9-17-11/h1-9,20H,(H2,16,19). The Morgan fingerprint density at radius 2 is 1.86 bits per heavy atom. The first-order chi connectivity index (χ1) is 10.3.